The monoisotopic (exact) mass is 409 g/mol. The molecule has 0 atom stereocenters. The van der Waals surface area contributed by atoms with Crippen molar-refractivity contribution >= 4 is 40.5 Å². The van der Waals surface area contributed by atoms with E-state index in [4.69, 9.17) is 39.5 Å². The standard InChI is InChI=1S/C20H15Cl3FNO/c21-15-3-1-13(2-4-15)12-26-20-8-5-16(22)9-14(20)11-25-17-6-7-19(24)18(23)10-17/h1-10,25H,11-12H2. The van der Waals surface area contributed by atoms with Crippen molar-refractivity contribution in [3.8, 4) is 5.75 Å². The van der Waals surface area contributed by atoms with Gasteiger partial charge in [-0.25, -0.2) is 4.39 Å². The zero-order valence-corrected chi connectivity index (χ0v) is 15.9. The molecule has 0 radical (unpaired) electrons. The lowest BCUT2D eigenvalue weighted by molar-refractivity contribution is 0.303. The molecule has 0 fully saturated rings. The number of nitrogens with one attached hydrogen (secondary N) is 1. The van der Waals surface area contributed by atoms with Crippen LogP contribution in [0.5, 0.6) is 5.75 Å². The Labute approximate surface area is 166 Å². The van der Waals surface area contributed by atoms with E-state index in [9.17, 15) is 4.39 Å². The third-order valence-electron chi connectivity index (χ3n) is 3.73. The van der Waals surface area contributed by atoms with Crippen LogP contribution in [0, 0.1) is 5.82 Å². The van der Waals surface area contributed by atoms with Gasteiger partial charge in [0.2, 0.25) is 0 Å². The molecule has 6 heteroatoms. The van der Waals surface area contributed by atoms with Crippen molar-refractivity contribution in [3.63, 3.8) is 0 Å². The van der Waals surface area contributed by atoms with Gasteiger partial charge in [0.1, 0.15) is 18.2 Å². The molecule has 3 aromatic carbocycles. The van der Waals surface area contributed by atoms with E-state index < -0.39 is 5.82 Å². The van der Waals surface area contributed by atoms with Gasteiger partial charge >= 0.3 is 0 Å². The molecule has 0 aliphatic rings. The Kier molecular flexibility index (Phi) is 6.25. The topological polar surface area (TPSA) is 21.3 Å². The lowest BCUT2D eigenvalue weighted by Gasteiger charge is -2.14. The maximum Gasteiger partial charge on any atom is 0.141 e. The van der Waals surface area contributed by atoms with Gasteiger partial charge in [0.25, 0.3) is 0 Å². The highest BCUT2D eigenvalue weighted by atomic mass is 35.5. The van der Waals surface area contributed by atoms with Crippen molar-refractivity contribution in [1.82, 2.24) is 0 Å². The summed E-state index contributed by atoms with van der Waals surface area (Å²) in [7, 11) is 0. The Bertz CT molecular complexity index is 900. The third kappa shape index (κ3) is 5.04. The Morgan fingerprint density at radius 1 is 0.846 bits per heavy atom. The van der Waals surface area contributed by atoms with Gasteiger partial charge in [0, 0.05) is 27.8 Å². The first kappa shape index (κ1) is 18.8. The van der Waals surface area contributed by atoms with Crippen LogP contribution >= 0.6 is 34.8 Å². The van der Waals surface area contributed by atoms with Crippen LogP contribution in [-0.2, 0) is 13.2 Å². The van der Waals surface area contributed by atoms with Gasteiger partial charge in [0.15, 0.2) is 0 Å². The summed E-state index contributed by atoms with van der Waals surface area (Å²) in [4.78, 5) is 0. The predicted octanol–water partition coefficient (Wildman–Crippen LogP) is 6.98. The van der Waals surface area contributed by atoms with Crippen molar-refractivity contribution in [3.05, 3.63) is 92.7 Å². The van der Waals surface area contributed by atoms with Gasteiger partial charge in [-0.1, -0.05) is 46.9 Å². The van der Waals surface area contributed by atoms with E-state index in [1.54, 1.807) is 12.1 Å². The number of anilines is 1. The average Bonchev–Trinajstić information content (AvgIpc) is 2.63. The second kappa shape index (κ2) is 8.63. The summed E-state index contributed by atoms with van der Waals surface area (Å²) in [5.41, 5.74) is 2.60. The van der Waals surface area contributed by atoms with E-state index in [0.717, 1.165) is 11.1 Å². The first-order valence-electron chi connectivity index (χ1n) is 7.86. The second-order valence-corrected chi connectivity index (χ2v) is 6.93. The molecule has 0 spiro atoms. The molecule has 0 aliphatic heterocycles. The van der Waals surface area contributed by atoms with E-state index in [-0.39, 0.29) is 5.02 Å². The summed E-state index contributed by atoms with van der Waals surface area (Å²) in [6, 6.07) is 17.4. The summed E-state index contributed by atoms with van der Waals surface area (Å²) < 4.78 is 19.2. The van der Waals surface area contributed by atoms with Crippen LogP contribution in [0.3, 0.4) is 0 Å². The van der Waals surface area contributed by atoms with E-state index in [1.165, 1.54) is 12.1 Å². The minimum absolute atomic E-state index is 0.0697. The first-order valence-corrected chi connectivity index (χ1v) is 8.99. The number of benzene rings is 3. The van der Waals surface area contributed by atoms with Crippen molar-refractivity contribution in [2.45, 2.75) is 13.2 Å². The zero-order valence-electron chi connectivity index (χ0n) is 13.6. The van der Waals surface area contributed by atoms with E-state index in [2.05, 4.69) is 5.32 Å². The maximum atomic E-state index is 13.3. The lowest BCUT2D eigenvalue weighted by Crippen LogP contribution is -2.04. The molecule has 0 bridgehead atoms. The highest BCUT2D eigenvalue weighted by Gasteiger charge is 2.07. The highest BCUT2D eigenvalue weighted by Crippen LogP contribution is 2.26. The van der Waals surface area contributed by atoms with Gasteiger partial charge in [-0.3, -0.25) is 0 Å². The fourth-order valence-electron chi connectivity index (χ4n) is 2.37. The Morgan fingerprint density at radius 2 is 1.58 bits per heavy atom. The molecule has 0 saturated heterocycles. The summed E-state index contributed by atoms with van der Waals surface area (Å²) in [5, 5.41) is 4.56. The minimum atomic E-state index is -0.452. The Balaban J connectivity index is 1.70. The van der Waals surface area contributed by atoms with Crippen molar-refractivity contribution in [1.29, 1.82) is 0 Å². The number of rotatable bonds is 6. The molecule has 2 nitrogen and oxygen atoms in total. The molecule has 0 unspecified atom stereocenters. The van der Waals surface area contributed by atoms with Crippen molar-refractivity contribution < 1.29 is 9.13 Å². The SMILES string of the molecule is Fc1ccc(NCc2cc(Cl)ccc2OCc2ccc(Cl)cc2)cc1Cl. The quantitative estimate of drug-likeness (QED) is 0.473. The smallest absolute Gasteiger partial charge is 0.141 e. The molecular weight excluding hydrogens is 396 g/mol. The summed E-state index contributed by atoms with van der Waals surface area (Å²) in [6.07, 6.45) is 0. The molecule has 0 amide bonds. The molecule has 0 aliphatic carbocycles. The van der Waals surface area contributed by atoms with Crippen LogP contribution in [0.15, 0.2) is 60.7 Å². The molecule has 26 heavy (non-hydrogen) atoms. The van der Waals surface area contributed by atoms with Crippen LogP contribution in [-0.4, -0.2) is 0 Å². The average molecular weight is 411 g/mol. The van der Waals surface area contributed by atoms with Crippen LogP contribution in [0.25, 0.3) is 0 Å². The highest BCUT2D eigenvalue weighted by molar-refractivity contribution is 6.31. The normalized spacial score (nSPS) is 10.6. The van der Waals surface area contributed by atoms with Crippen LogP contribution in [0.1, 0.15) is 11.1 Å². The molecule has 0 heterocycles. The van der Waals surface area contributed by atoms with Gasteiger partial charge in [-0.15, -0.1) is 0 Å². The summed E-state index contributed by atoms with van der Waals surface area (Å²) in [5.74, 6) is 0.261. The summed E-state index contributed by atoms with van der Waals surface area (Å²) in [6.45, 7) is 0.868. The molecule has 3 aromatic rings. The Hall–Kier alpha value is -1.94. The molecular formula is C20H15Cl3FNO. The zero-order chi connectivity index (χ0) is 18.5. The molecule has 1 N–H and O–H groups in total. The lowest BCUT2D eigenvalue weighted by atomic mass is 10.2. The van der Waals surface area contributed by atoms with E-state index in [1.807, 2.05) is 36.4 Å². The third-order valence-corrected chi connectivity index (χ3v) is 4.51. The first-order chi connectivity index (χ1) is 12.5. The van der Waals surface area contributed by atoms with Gasteiger partial charge in [0.05, 0.1) is 5.02 Å². The molecule has 3 rings (SSSR count). The van der Waals surface area contributed by atoms with Gasteiger partial charge < -0.3 is 10.1 Å². The fourth-order valence-corrected chi connectivity index (χ4v) is 2.87. The minimum Gasteiger partial charge on any atom is -0.489 e. The van der Waals surface area contributed by atoms with Crippen LogP contribution in [0.2, 0.25) is 15.1 Å². The van der Waals surface area contributed by atoms with Crippen molar-refractivity contribution in [2.75, 3.05) is 5.32 Å². The van der Waals surface area contributed by atoms with E-state index in [0.29, 0.717) is 34.6 Å². The molecule has 134 valence electrons. The van der Waals surface area contributed by atoms with Crippen LogP contribution in [0.4, 0.5) is 10.1 Å². The van der Waals surface area contributed by atoms with Crippen LogP contribution < -0.4 is 10.1 Å². The molecule has 0 saturated carbocycles. The second-order valence-electron chi connectivity index (χ2n) is 5.65. The Morgan fingerprint density at radius 3 is 2.31 bits per heavy atom. The van der Waals surface area contributed by atoms with Gasteiger partial charge in [-0.2, -0.15) is 0 Å². The maximum absolute atomic E-state index is 13.3. The largest absolute Gasteiger partial charge is 0.489 e. The number of halogens is 4. The van der Waals surface area contributed by atoms with Crippen molar-refractivity contribution in [2.24, 2.45) is 0 Å². The number of ether oxygens (including phenoxy) is 1. The number of hydrogen-bond acceptors (Lipinski definition) is 2. The van der Waals surface area contributed by atoms with Gasteiger partial charge in [-0.05, 0) is 54.1 Å². The number of hydrogen-bond donors (Lipinski definition) is 1. The predicted molar refractivity (Wildman–Crippen MR) is 106 cm³/mol. The fraction of sp³-hybridized carbons (Fsp3) is 0.100. The van der Waals surface area contributed by atoms with E-state index >= 15 is 0 Å². The summed E-state index contributed by atoms with van der Waals surface area (Å²) >= 11 is 17.8. The molecule has 0 aromatic heterocycles.